The number of rotatable bonds is 7. The summed E-state index contributed by atoms with van der Waals surface area (Å²) < 4.78 is 0. The number of hydrogen-bond donors (Lipinski definition) is 4. The van der Waals surface area contributed by atoms with E-state index in [0.717, 1.165) is 0 Å². The normalized spacial score (nSPS) is 13.6. The number of aliphatic hydroxyl groups is 2. The molecule has 0 aliphatic carbocycles. The molecule has 0 aliphatic heterocycles. The molecule has 1 heterocycles. The van der Waals surface area contributed by atoms with E-state index in [-0.39, 0.29) is 31.3 Å². The van der Waals surface area contributed by atoms with E-state index in [1.54, 1.807) is 17.5 Å². The highest BCUT2D eigenvalue weighted by Gasteiger charge is 2.19. The Labute approximate surface area is 115 Å². The van der Waals surface area contributed by atoms with Gasteiger partial charge in [0.1, 0.15) is 5.60 Å². The summed E-state index contributed by atoms with van der Waals surface area (Å²) in [6.07, 6.45) is 0.124. The molecule has 1 rings (SSSR count). The number of carbonyl (C=O) groups is 2. The quantitative estimate of drug-likeness (QED) is 0.554. The van der Waals surface area contributed by atoms with Crippen molar-refractivity contribution in [2.45, 2.75) is 18.9 Å². The van der Waals surface area contributed by atoms with E-state index in [2.05, 4.69) is 10.6 Å². The van der Waals surface area contributed by atoms with E-state index >= 15 is 0 Å². The van der Waals surface area contributed by atoms with Gasteiger partial charge in [0.25, 0.3) is 5.91 Å². The molecule has 4 N–H and O–H groups in total. The van der Waals surface area contributed by atoms with Crippen LogP contribution < -0.4 is 10.6 Å². The van der Waals surface area contributed by atoms with Crippen molar-refractivity contribution in [2.24, 2.45) is 0 Å². The van der Waals surface area contributed by atoms with Crippen molar-refractivity contribution in [2.75, 3.05) is 19.7 Å². The van der Waals surface area contributed by atoms with Crippen LogP contribution in [-0.2, 0) is 4.79 Å². The first-order valence-corrected chi connectivity index (χ1v) is 6.74. The Kier molecular flexibility index (Phi) is 5.94. The predicted octanol–water partition coefficient (Wildman–Crippen LogP) is -0.272. The standard InChI is InChI=1S/C12H18N2O4S/c1-12(18,8-15)7-14-10(16)4-5-13-11(17)9-3-2-6-19-9/h2-3,6,15,18H,4-5,7-8H2,1H3,(H,13,17)(H,14,16). The number of nitrogens with one attached hydrogen (secondary N) is 2. The zero-order chi connectivity index (χ0) is 14.3. The highest BCUT2D eigenvalue weighted by Crippen LogP contribution is 2.07. The molecular formula is C12H18N2O4S. The summed E-state index contributed by atoms with van der Waals surface area (Å²) >= 11 is 1.33. The number of aliphatic hydroxyl groups excluding tert-OH is 1. The molecule has 0 saturated carbocycles. The monoisotopic (exact) mass is 286 g/mol. The Hall–Kier alpha value is -1.44. The molecule has 106 valence electrons. The Morgan fingerprint density at radius 1 is 1.42 bits per heavy atom. The average Bonchev–Trinajstić information content (AvgIpc) is 2.90. The molecule has 0 aliphatic rings. The fraction of sp³-hybridized carbons (Fsp3) is 0.500. The molecular weight excluding hydrogens is 268 g/mol. The fourth-order valence-electron chi connectivity index (χ4n) is 1.22. The van der Waals surface area contributed by atoms with Crippen molar-refractivity contribution in [1.29, 1.82) is 0 Å². The Bertz CT molecular complexity index is 417. The minimum atomic E-state index is -1.32. The van der Waals surface area contributed by atoms with Gasteiger partial charge in [-0.1, -0.05) is 6.07 Å². The lowest BCUT2D eigenvalue weighted by atomic mass is 10.1. The summed E-state index contributed by atoms with van der Waals surface area (Å²) in [6.45, 7) is 1.19. The Morgan fingerprint density at radius 3 is 2.74 bits per heavy atom. The second-order valence-corrected chi connectivity index (χ2v) is 5.36. The van der Waals surface area contributed by atoms with Crippen LogP contribution in [0, 0.1) is 0 Å². The number of carbonyl (C=O) groups excluding carboxylic acids is 2. The molecule has 2 amide bonds. The molecule has 1 aromatic rings. The Balaban J connectivity index is 2.19. The van der Waals surface area contributed by atoms with Crippen molar-refractivity contribution in [3.05, 3.63) is 22.4 Å². The summed E-state index contributed by atoms with van der Waals surface area (Å²) in [4.78, 5) is 23.6. The van der Waals surface area contributed by atoms with Crippen molar-refractivity contribution in [1.82, 2.24) is 10.6 Å². The van der Waals surface area contributed by atoms with E-state index in [4.69, 9.17) is 5.11 Å². The largest absolute Gasteiger partial charge is 0.393 e. The van der Waals surface area contributed by atoms with Gasteiger partial charge < -0.3 is 20.8 Å². The SMILES string of the molecule is CC(O)(CO)CNC(=O)CCNC(=O)c1cccs1. The van der Waals surface area contributed by atoms with Crippen LogP contribution in [-0.4, -0.2) is 47.3 Å². The van der Waals surface area contributed by atoms with Crippen molar-refractivity contribution >= 4 is 23.2 Å². The summed E-state index contributed by atoms with van der Waals surface area (Å²) in [7, 11) is 0. The lowest BCUT2D eigenvalue weighted by molar-refractivity contribution is -0.122. The summed E-state index contributed by atoms with van der Waals surface area (Å²) in [5.74, 6) is -0.495. The van der Waals surface area contributed by atoms with Gasteiger partial charge in [-0.3, -0.25) is 9.59 Å². The van der Waals surface area contributed by atoms with Crippen LogP contribution in [0.1, 0.15) is 23.0 Å². The summed E-state index contributed by atoms with van der Waals surface area (Å²) in [6, 6.07) is 3.49. The molecule has 19 heavy (non-hydrogen) atoms. The zero-order valence-corrected chi connectivity index (χ0v) is 11.5. The van der Waals surface area contributed by atoms with Crippen LogP contribution in [0.4, 0.5) is 0 Å². The Morgan fingerprint density at radius 2 is 2.16 bits per heavy atom. The maximum atomic E-state index is 11.5. The van der Waals surface area contributed by atoms with Crippen LogP contribution in [0.25, 0.3) is 0 Å². The molecule has 1 atom stereocenters. The average molecular weight is 286 g/mol. The van der Waals surface area contributed by atoms with Crippen molar-refractivity contribution < 1.29 is 19.8 Å². The van der Waals surface area contributed by atoms with Crippen molar-refractivity contribution in [3.8, 4) is 0 Å². The predicted molar refractivity (Wildman–Crippen MR) is 72.0 cm³/mol. The molecule has 1 unspecified atom stereocenters. The minimum absolute atomic E-state index is 0.0266. The topological polar surface area (TPSA) is 98.7 Å². The number of amides is 2. The van der Waals surface area contributed by atoms with Gasteiger partial charge >= 0.3 is 0 Å². The first-order chi connectivity index (χ1) is 8.94. The first kappa shape index (κ1) is 15.6. The summed E-state index contributed by atoms with van der Waals surface area (Å²) in [5.41, 5.74) is -1.32. The fourth-order valence-corrected chi connectivity index (χ4v) is 1.86. The van der Waals surface area contributed by atoms with Crippen LogP contribution >= 0.6 is 11.3 Å². The molecule has 0 radical (unpaired) electrons. The minimum Gasteiger partial charge on any atom is -0.393 e. The van der Waals surface area contributed by atoms with E-state index in [1.165, 1.54) is 18.3 Å². The highest BCUT2D eigenvalue weighted by molar-refractivity contribution is 7.12. The maximum Gasteiger partial charge on any atom is 0.261 e. The number of thiophene rings is 1. The van der Waals surface area contributed by atoms with Gasteiger partial charge in [-0.2, -0.15) is 0 Å². The third-order valence-electron chi connectivity index (χ3n) is 2.39. The van der Waals surface area contributed by atoms with Crippen LogP contribution in [0.3, 0.4) is 0 Å². The maximum absolute atomic E-state index is 11.5. The van der Waals surface area contributed by atoms with Gasteiger partial charge in [0.05, 0.1) is 11.5 Å². The van der Waals surface area contributed by atoms with Crippen molar-refractivity contribution in [3.63, 3.8) is 0 Å². The molecule has 0 bridgehead atoms. The van der Waals surface area contributed by atoms with Gasteiger partial charge in [0.15, 0.2) is 0 Å². The van der Waals surface area contributed by atoms with E-state index in [1.807, 2.05) is 0 Å². The number of hydrogen-bond acceptors (Lipinski definition) is 5. The van der Waals surface area contributed by atoms with E-state index in [9.17, 15) is 14.7 Å². The lowest BCUT2D eigenvalue weighted by Crippen LogP contribution is -2.43. The third-order valence-corrected chi connectivity index (χ3v) is 3.26. The van der Waals surface area contributed by atoms with Gasteiger partial charge in [0.2, 0.25) is 5.91 Å². The lowest BCUT2D eigenvalue weighted by Gasteiger charge is -2.20. The highest BCUT2D eigenvalue weighted by atomic mass is 32.1. The van der Waals surface area contributed by atoms with Gasteiger partial charge in [-0.25, -0.2) is 0 Å². The molecule has 0 saturated heterocycles. The molecule has 0 spiro atoms. The van der Waals surface area contributed by atoms with Gasteiger partial charge in [0, 0.05) is 19.5 Å². The third kappa shape index (κ3) is 5.82. The molecule has 6 nitrogen and oxygen atoms in total. The smallest absolute Gasteiger partial charge is 0.261 e. The zero-order valence-electron chi connectivity index (χ0n) is 10.7. The molecule has 0 fully saturated rings. The molecule has 1 aromatic heterocycles. The molecule has 7 heteroatoms. The second kappa shape index (κ2) is 7.22. The van der Waals surface area contributed by atoms with E-state index in [0.29, 0.717) is 4.88 Å². The van der Waals surface area contributed by atoms with Crippen LogP contribution in [0.2, 0.25) is 0 Å². The van der Waals surface area contributed by atoms with Crippen LogP contribution in [0.5, 0.6) is 0 Å². The van der Waals surface area contributed by atoms with Crippen LogP contribution in [0.15, 0.2) is 17.5 Å². The first-order valence-electron chi connectivity index (χ1n) is 5.86. The van der Waals surface area contributed by atoms with Gasteiger partial charge in [-0.05, 0) is 18.4 Å². The summed E-state index contributed by atoms with van der Waals surface area (Å²) in [5, 5.41) is 25.2. The van der Waals surface area contributed by atoms with Gasteiger partial charge in [-0.15, -0.1) is 11.3 Å². The molecule has 0 aromatic carbocycles. The second-order valence-electron chi connectivity index (χ2n) is 4.41. The van der Waals surface area contributed by atoms with E-state index < -0.39 is 12.2 Å².